The van der Waals surface area contributed by atoms with Crippen LogP contribution < -0.4 is 4.72 Å². The van der Waals surface area contributed by atoms with Gasteiger partial charge in [-0.3, -0.25) is 4.68 Å². The maximum absolute atomic E-state index is 12.8. The van der Waals surface area contributed by atoms with E-state index in [1.807, 2.05) is 6.92 Å². The zero-order chi connectivity index (χ0) is 18.1. The van der Waals surface area contributed by atoms with E-state index in [0.717, 1.165) is 0 Å². The van der Waals surface area contributed by atoms with Crippen LogP contribution in [0.4, 0.5) is 8.78 Å². The fourth-order valence-electron chi connectivity index (χ4n) is 2.37. The third-order valence-corrected chi connectivity index (χ3v) is 5.30. The van der Waals surface area contributed by atoms with Crippen LogP contribution in [0.25, 0.3) is 0 Å². The van der Waals surface area contributed by atoms with Gasteiger partial charge in [0.05, 0.1) is 22.6 Å². The molecular formula is C13H18ClF2N5O2S. The molecule has 0 aliphatic rings. The summed E-state index contributed by atoms with van der Waals surface area (Å²) in [4.78, 5) is -0.211. The molecule has 1 N–H and O–H groups in total. The van der Waals surface area contributed by atoms with Crippen molar-refractivity contribution in [3.8, 4) is 0 Å². The molecule has 24 heavy (non-hydrogen) atoms. The molecule has 0 bridgehead atoms. The van der Waals surface area contributed by atoms with Gasteiger partial charge in [0, 0.05) is 19.3 Å². The highest BCUT2D eigenvalue weighted by molar-refractivity contribution is 7.89. The predicted octanol–water partition coefficient (Wildman–Crippen LogP) is 2.36. The monoisotopic (exact) mass is 381 g/mol. The first-order valence-corrected chi connectivity index (χ1v) is 8.99. The second-order valence-corrected chi connectivity index (χ2v) is 7.70. The van der Waals surface area contributed by atoms with Crippen molar-refractivity contribution in [2.75, 3.05) is 6.54 Å². The van der Waals surface area contributed by atoms with E-state index in [1.165, 1.54) is 20.0 Å². The van der Waals surface area contributed by atoms with Crippen LogP contribution in [0.2, 0.25) is 5.02 Å². The smallest absolute Gasteiger partial charge is 0.271 e. The number of hydrogen-bond acceptors (Lipinski definition) is 4. The van der Waals surface area contributed by atoms with Gasteiger partial charge in [0.25, 0.3) is 0 Å². The standard InChI is InChI=1S/C13H18ClF2N5O2S/c1-8(6-20-7-11(14)5-17-20)4-18-24(22,23)12-9(2)19-21(10(12)3)13(15)16/h5,7-8,13,18H,4,6H2,1-3H3/t8-/m1/s1. The van der Waals surface area contributed by atoms with Gasteiger partial charge in [-0.1, -0.05) is 18.5 Å². The molecule has 0 unspecified atom stereocenters. The zero-order valence-electron chi connectivity index (χ0n) is 13.4. The Morgan fingerprint density at radius 3 is 2.54 bits per heavy atom. The summed E-state index contributed by atoms with van der Waals surface area (Å²) in [7, 11) is -3.94. The number of hydrogen-bond donors (Lipinski definition) is 1. The molecule has 0 aromatic carbocycles. The number of aromatic nitrogens is 4. The fourth-order valence-corrected chi connectivity index (χ4v) is 4.09. The quantitative estimate of drug-likeness (QED) is 0.798. The lowest BCUT2D eigenvalue weighted by molar-refractivity contribution is 0.0538. The van der Waals surface area contributed by atoms with E-state index in [4.69, 9.17) is 11.6 Å². The lowest BCUT2D eigenvalue weighted by atomic mass is 10.2. The molecule has 134 valence electrons. The molecule has 0 aliphatic heterocycles. The number of sulfonamides is 1. The van der Waals surface area contributed by atoms with Gasteiger partial charge >= 0.3 is 6.55 Å². The van der Waals surface area contributed by atoms with Crippen LogP contribution in [0.5, 0.6) is 0 Å². The third kappa shape index (κ3) is 4.11. The molecule has 0 radical (unpaired) electrons. The average molecular weight is 382 g/mol. The van der Waals surface area contributed by atoms with Crippen LogP contribution in [0.3, 0.4) is 0 Å². The molecule has 0 spiro atoms. The van der Waals surface area contributed by atoms with Crippen LogP contribution in [0.1, 0.15) is 24.9 Å². The Labute approximate surface area is 143 Å². The molecule has 0 amide bonds. The molecule has 7 nitrogen and oxygen atoms in total. The SMILES string of the molecule is Cc1nn(C(F)F)c(C)c1S(=O)(=O)NC[C@@H](C)Cn1cc(Cl)cn1. The van der Waals surface area contributed by atoms with E-state index in [-0.39, 0.29) is 28.7 Å². The van der Waals surface area contributed by atoms with Crippen molar-refractivity contribution in [3.05, 3.63) is 28.8 Å². The van der Waals surface area contributed by atoms with E-state index >= 15 is 0 Å². The molecule has 2 rings (SSSR count). The molecule has 2 heterocycles. The highest BCUT2D eigenvalue weighted by atomic mass is 35.5. The van der Waals surface area contributed by atoms with E-state index in [9.17, 15) is 17.2 Å². The maximum atomic E-state index is 12.8. The van der Waals surface area contributed by atoms with E-state index in [1.54, 1.807) is 10.9 Å². The summed E-state index contributed by atoms with van der Waals surface area (Å²) in [6, 6.07) is 0. The maximum Gasteiger partial charge on any atom is 0.333 e. The van der Waals surface area contributed by atoms with Crippen LogP contribution in [-0.4, -0.2) is 34.5 Å². The summed E-state index contributed by atoms with van der Waals surface area (Å²) in [5.41, 5.74) is -0.0617. The Morgan fingerprint density at radius 1 is 1.38 bits per heavy atom. The second kappa shape index (κ2) is 7.16. The van der Waals surface area contributed by atoms with Crippen molar-refractivity contribution in [3.63, 3.8) is 0 Å². The van der Waals surface area contributed by atoms with Gasteiger partial charge < -0.3 is 0 Å². The van der Waals surface area contributed by atoms with E-state index < -0.39 is 16.6 Å². The topological polar surface area (TPSA) is 81.8 Å². The Balaban J connectivity index is 2.09. The van der Waals surface area contributed by atoms with Crippen LogP contribution in [0.15, 0.2) is 17.3 Å². The minimum Gasteiger partial charge on any atom is -0.271 e. The largest absolute Gasteiger partial charge is 0.333 e. The van der Waals surface area contributed by atoms with Crippen molar-refractivity contribution >= 4 is 21.6 Å². The Bertz CT molecular complexity index is 818. The molecule has 2 aromatic heterocycles. The molecule has 0 saturated heterocycles. The zero-order valence-corrected chi connectivity index (χ0v) is 14.9. The van der Waals surface area contributed by atoms with Crippen molar-refractivity contribution in [2.45, 2.75) is 38.8 Å². The van der Waals surface area contributed by atoms with Crippen molar-refractivity contribution in [2.24, 2.45) is 5.92 Å². The van der Waals surface area contributed by atoms with E-state index in [2.05, 4.69) is 14.9 Å². The molecule has 0 saturated carbocycles. The van der Waals surface area contributed by atoms with Gasteiger partial charge in [0.2, 0.25) is 10.0 Å². The summed E-state index contributed by atoms with van der Waals surface area (Å²) in [6.45, 7) is 2.21. The number of nitrogens with zero attached hydrogens (tertiary/aromatic N) is 4. The van der Waals surface area contributed by atoms with Crippen molar-refractivity contribution in [1.82, 2.24) is 24.3 Å². The average Bonchev–Trinajstić information content (AvgIpc) is 3.00. The van der Waals surface area contributed by atoms with Crippen LogP contribution in [0, 0.1) is 19.8 Å². The summed E-state index contributed by atoms with van der Waals surface area (Å²) in [5, 5.41) is 8.11. The summed E-state index contributed by atoms with van der Waals surface area (Å²) in [6.07, 6.45) is 3.12. The van der Waals surface area contributed by atoms with Gasteiger partial charge in [0.1, 0.15) is 4.90 Å². The minimum absolute atomic E-state index is 0.0341. The molecule has 0 fully saturated rings. The van der Waals surface area contributed by atoms with Gasteiger partial charge in [-0.2, -0.15) is 19.0 Å². The summed E-state index contributed by atoms with van der Waals surface area (Å²) >= 11 is 5.77. The first kappa shape index (κ1) is 18.8. The van der Waals surface area contributed by atoms with Crippen LogP contribution >= 0.6 is 11.6 Å². The molecular weight excluding hydrogens is 364 g/mol. The fraction of sp³-hybridized carbons (Fsp3) is 0.538. The lowest BCUT2D eigenvalue weighted by Crippen LogP contribution is -2.31. The van der Waals surface area contributed by atoms with Crippen LogP contribution in [-0.2, 0) is 16.6 Å². The molecule has 0 aliphatic carbocycles. The lowest BCUT2D eigenvalue weighted by Gasteiger charge is -2.13. The second-order valence-electron chi connectivity index (χ2n) is 5.56. The minimum atomic E-state index is -3.94. The van der Waals surface area contributed by atoms with Gasteiger partial charge in [0.15, 0.2) is 0 Å². The van der Waals surface area contributed by atoms with Gasteiger partial charge in [-0.25, -0.2) is 17.8 Å². The van der Waals surface area contributed by atoms with Crippen molar-refractivity contribution < 1.29 is 17.2 Å². The first-order chi connectivity index (χ1) is 11.1. The van der Waals surface area contributed by atoms with Gasteiger partial charge in [-0.05, 0) is 19.8 Å². The van der Waals surface area contributed by atoms with Crippen molar-refractivity contribution in [1.29, 1.82) is 0 Å². The number of rotatable bonds is 7. The number of aryl methyl sites for hydroxylation is 1. The number of alkyl halides is 2. The molecule has 11 heteroatoms. The summed E-state index contributed by atoms with van der Waals surface area (Å²) in [5.74, 6) is -0.0819. The molecule has 2 aromatic rings. The Hall–Kier alpha value is -1.52. The third-order valence-electron chi connectivity index (χ3n) is 3.43. The first-order valence-electron chi connectivity index (χ1n) is 7.13. The number of nitrogens with one attached hydrogen (secondary N) is 1. The highest BCUT2D eigenvalue weighted by Crippen LogP contribution is 2.23. The predicted molar refractivity (Wildman–Crippen MR) is 84.5 cm³/mol. The molecule has 1 atom stereocenters. The van der Waals surface area contributed by atoms with E-state index in [0.29, 0.717) is 16.2 Å². The number of halogens is 3. The normalized spacial score (nSPS) is 13.6. The highest BCUT2D eigenvalue weighted by Gasteiger charge is 2.27. The summed E-state index contributed by atoms with van der Waals surface area (Å²) < 4.78 is 54.9. The Kier molecular flexibility index (Phi) is 5.61. The Morgan fingerprint density at radius 2 is 2.04 bits per heavy atom. The van der Waals surface area contributed by atoms with Gasteiger partial charge in [-0.15, -0.1) is 0 Å².